The van der Waals surface area contributed by atoms with E-state index in [4.69, 9.17) is 9.88 Å². The lowest BCUT2D eigenvalue weighted by atomic mass is 9.91. The molecule has 0 heterocycles. The molecule has 3 aromatic carbocycles. The molecular formula is C23H22N2O5S. The quantitative estimate of drug-likeness (QED) is 0.550. The first-order chi connectivity index (χ1) is 14.8. The number of sulfonamides is 1. The highest BCUT2D eigenvalue weighted by Crippen LogP contribution is 2.26. The van der Waals surface area contributed by atoms with E-state index in [1.807, 2.05) is 60.7 Å². The van der Waals surface area contributed by atoms with E-state index in [0.29, 0.717) is 5.69 Å². The van der Waals surface area contributed by atoms with Crippen LogP contribution in [0.2, 0.25) is 0 Å². The molecule has 0 bridgehead atoms. The standard InChI is InChI=1S/C23H22N2O5S/c1-16(22(26)25-19-12-14-20(15-13-19)31(24,28)29)30-23(27)21(17-8-4-2-5-9-17)18-10-6-3-7-11-18/h2-16,21H,1H3,(H,25,26)(H2,24,28,29). The maximum atomic E-state index is 13.0. The second-order valence-corrected chi connectivity index (χ2v) is 8.45. The summed E-state index contributed by atoms with van der Waals surface area (Å²) in [5.74, 6) is -1.77. The van der Waals surface area contributed by atoms with Gasteiger partial charge in [0.1, 0.15) is 5.92 Å². The minimum absolute atomic E-state index is 0.0708. The number of nitrogens with two attached hydrogens (primary N) is 1. The minimum Gasteiger partial charge on any atom is -0.452 e. The van der Waals surface area contributed by atoms with Gasteiger partial charge in [-0.05, 0) is 42.3 Å². The van der Waals surface area contributed by atoms with Gasteiger partial charge in [-0.3, -0.25) is 9.59 Å². The topological polar surface area (TPSA) is 116 Å². The van der Waals surface area contributed by atoms with Crippen molar-refractivity contribution in [1.29, 1.82) is 0 Å². The predicted molar refractivity (Wildman–Crippen MR) is 117 cm³/mol. The molecule has 160 valence electrons. The van der Waals surface area contributed by atoms with Crippen LogP contribution in [0.25, 0.3) is 0 Å². The van der Waals surface area contributed by atoms with Crippen LogP contribution < -0.4 is 10.5 Å². The molecule has 0 saturated heterocycles. The van der Waals surface area contributed by atoms with Gasteiger partial charge in [0.05, 0.1) is 4.90 Å². The molecule has 1 unspecified atom stereocenters. The molecule has 0 radical (unpaired) electrons. The smallest absolute Gasteiger partial charge is 0.318 e. The van der Waals surface area contributed by atoms with Crippen molar-refractivity contribution in [2.45, 2.75) is 23.8 Å². The normalized spacial score (nSPS) is 12.2. The second kappa shape index (κ2) is 9.55. The maximum Gasteiger partial charge on any atom is 0.318 e. The summed E-state index contributed by atoms with van der Waals surface area (Å²) in [6.07, 6.45) is -1.07. The number of anilines is 1. The Balaban J connectivity index is 1.72. The third-order valence-corrected chi connectivity index (χ3v) is 5.54. The molecule has 7 nitrogen and oxygen atoms in total. The van der Waals surface area contributed by atoms with Gasteiger partial charge in [0.15, 0.2) is 6.10 Å². The molecule has 0 aliphatic carbocycles. The molecular weight excluding hydrogens is 416 g/mol. The molecule has 3 rings (SSSR count). The van der Waals surface area contributed by atoms with Crippen LogP contribution in [0.1, 0.15) is 24.0 Å². The summed E-state index contributed by atoms with van der Waals surface area (Å²) in [7, 11) is -3.82. The largest absolute Gasteiger partial charge is 0.452 e. The summed E-state index contributed by atoms with van der Waals surface area (Å²) < 4.78 is 28.1. The second-order valence-electron chi connectivity index (χ2n) is 6.89. The summed E-state index contributed by atoms with van der Waals surface area (Å²) in [6, 6.07) is 23.7. The number of carbonyl (C=O) groups excluding carboxylic acids is 2. The third kappa shape index (κ3) is 5.78. The predicted octanol–water partition coefficient (Wildman–Crippen LogP) is 3.04. The molecule has 3 N–H and O–H groups in total. The SMILES string of the molecule is CC(OC(=O)C(c1ccccc1)c1ccccc1)C(=O)Nc1ccc(S(N)(=O)=O)cc1. The first-order valence-electron chi connectivity index (χ1n) is 9.50. The van der Waals surface area contributed by atoms with Crippen LogP contribution in [0.15, 0.2) is 89.8 Å². The third-order valence-electron chi connectivity index (χ3n) is 4.61. The Kier molecular flexibility index (Phi) is 6.84. The van der Waals surface area contributed by atoms with Gasteiger partial charge in [0.2, 0.25) is 10.0 Å². The van der Waals surface area contributed by atoms with E-state index in [1.54, 1.807) is 0 Å². The van der Waals surface area contributed by atoms with Gasteiger partial charge < -0.3 is 10.1 Å². The molecule has 1 amide bonds. The highest BCUT2D eigenvalue weighted by atomic mass is 32.2. The Morgan fingerprint density at radius 3 is 1.77 bits per heavy atom. The fourth-order valence-electron chi connectivity index (χ4n) is 3.02. The number of benzene rings is 3. The number of hydrogen-bond acceptors (Lipinski definition) is 5. The van der Waals surface area contributed by atoms with Gasteiger partial charge in [-0.25, -0.2) is 13.6 Å². The highest BCUT2D eigenvalue weighted by molar-refractivity contribution is 7.89. The Bertz CT molecular complexity index is 1110. The first kappa shape index (κ1) is 22.2. The zero-order valence-electron chi connectivity index (χ0n) is 16.8. The first-order valence-corrected chi connectivity index (χ1v) is 11.0. The van der Waals surface area contributed by atoms with Crippen molar-refractivity contribution in [2.24, 2.45) is 5.14 Å². The molecule has 0 fully saturated rings. The number of primary sulfonamides is 1. The molecule has 8 heteroatoms. The lowest BCUT2D eigenvalue weighted by Gasteiger charge is -2.20. The number of ether oxygens (including phenoxy) is 1. The Morgan fingerprint density at radius 1 is 0.839 bits per heavy atom. The number of nitrogens with one attached hydrogen (secondary N) is 1. The Labute approximate surface area is 180 Å². The number of amides is 1. The van der Waals surface area contributed by atoms with Crippen LogP contribution >= 0.6 is 0 Å². The summed E-state index contributed by atoms with van der Waals surface area (Å²) in [4.78, 5) is 25.4. The van der Waals surface area contributed by atoms with Gasteiger partial charge in [-0.1, -0.05) is 60.7 Å². The monoisotopic (exact) mass is 438 g/mol. The molecule has 31 heavy (non-hydrogen) atoms. The summed E-state index contributed by atoms with van der Waals surface area (Å²) in [5.41, 5.74) is 1.86. The number of esters is 1. The van der Waals surface area contributed by atoms with Gasteiger partial charge in [-0.15, -0.1) is 0 Å². The van der Waals surface area contributed by atoms with Gasteiger partial charge in [-0.2, -0.15) is 0 Å². The van der Waals surface area contributed by atoms with Crippen molar-refractivity contribution < 1.29 is 22.7 Å². The van der Waals surface area contributed by atoms with Crippen molar-refractivity contribution in [3.8, 4) is 0 Å². The number of carbonyl (C=O) groups is 2. The average molecular weight is 439 g/mol. The molecule has 3 aromatic rings. The van der Waals surface area contributed by atoms with Crippen LogP contribution in [0, 0.1) is 0 Å². The lowest BCUT2D eigenvalue weighted by Crippen LogP contribution is -2.32. The number of hydrogen-bond donors (Lipinski definition) is 2. The van der Waals surface area contributed by atoms with Crippen molar-refractivity contribution in [2.75, 3.05) is 5.32 Å². The van der Waals surface area contributed by atoms with Gasteiger partial charge >= 0.3 is 5.97 Å². The Hall–Kier alpha value is -3.49. The summed E-state index contributed by atoms with van der Waals surface area (Å²) >= 11 is 0. The van der Waals surface area contributed by atoms with Crippen molar-refractivity contribution in [3.63, 3.8) is 0 Å². The molecule has 0 spiro atoms. The highest BCUT2D eigenvalue weighted by Gasteiger charge is 2.27. The van der Waals surface area contributed by atoms with Crippen molar-refractivity contribution >= 4 is 27.6 Å². The fraction of sp³-hybridized carbons (Fsp3) is 0.130. The van der Waals surface area contributed by atoms with Crippen LogP contribution in [-0.2, 0) is 24.3 Å². The summed E-state index contributed by atoms with van der Waals surface area (Å²) in [6.45, 7) is 1.47. The molecule has 0 aliphatic heterocycles. The zero-order valence-corrected chi connectivity index (χ0v) is 17.6. The van der Waals surface area contributed by atoms with E-state index >= 15 is 0 Å². The lowest BCUT2D eigenvalue weighted by molar-refractivity contribution is -0.153. The van der Waals surface area contributed by atoms with E-state index in [2.05, 4.69) is 5.32 Å². The fourth-order valence-corrected chi connectivity index (χ4v) is 3.54. The van der Waals surface area contributed by atoms with E-state index in [0.717, 1.165) is 11.1 Å². The minimum atomic E-state index is -3.82. The van der Waals surface area contributed by atoms with Crippen LogP contribution in [0.4, 0.5) is 5.69 Å². The zero-order chi connectivity index (χ0) is 22.4. The van der Waals surface area contributed by atoms with E-state index in [-0.39, 0.29) is 4.90 Å². The average Bonchev–Trinajstić information content (AvgIpc) is 2.75. The molecule has 0 saturated carbocycles. The van der Waals surface area contributed by atoms with Crippen molar-refractivity contribution in [1.82, 2.24) is 0 Å². The molecule has 1 atom stereocenters. The van der Waals surface area contributed by atoms with E-state index in [1.165, 1.54) is 31.2 Å². The molecule has 0 aliphatic rings. The van der Waals surface area contributed by atoms with E-state index in [9.17, 15) is 18.0 Å². The van der Waals surface area contributed by atoms with Crippen LogP contribution in [0.3, 0.4) is 0 Å². The van der Waals surface area contributed by atoms with Gasteiger partial charge in [0, 0.05) is 5.69 Å². The van der Waals surface area contributed by atoms with Crippen molar-refractivity contribution in [3.05, 3.63) is 96.1 Å². The Morgan fingerprint density at radius 2 is 1.32 bits per heavy atom. The maximum absolute atomic E-state index is 13.0. The van der Waals surface area contributed by atoms with Crippen LogP contribution in [-0.4, -0.2) is 26.4 Å². The van der Waals surface area contributed by atoms with Crippen LogP contribution in [0.5, 0.6) is 0 Å². The summed E-state index contributed by atoms with van der Waals surface area (Å²) in [5, 5.41) is 7.66. The van der Waals surface area contributed by atoms with Gasteiger partial charge in [0.25, 0.3) is 5.91 Å². The van der Waals surface area contributed by atoms with E-state index < -0.39 is 33.9 Å². The molecule has 0 aromatic heterocycles. The number of rotatable bonds is 7.